The van der Waals surface area contributed by atoms with E-state index in [4.69, 9.17) is 0 Å². The van der Waals surface area contributed by atoms with Crippen molar-refractivity contribution < 1.29 is 0 Å². The van der Waals surface area contributed by atoms with Crippen molar-refractivity contribution in [3.05, 3.63) is 20.8 Å². The third-order valence-electron chi connectivity index (χ3n) is 2.42. The van der Waals surface area contributed by atoms with Gasteiger partial charge in [0.1, 0.15) is 0 Å². The maximum atomic E-state index is 3.56. The molecule has 1 saturated carbocycles. The number of nitrogens with one attached hydrogen (secondary N) is 1. The summed E-state index contributed by atoms with van der Waals surface area (Å²) in [6.45, 7) is 3.43. The number of rotatable bonds is 4. The molecule has 72 valence electrons. The standard InChI is InChI=1S/C10H14BrNS/c1-7(12-5-8-2-3-8)10-4-9(11)6-13-10/h4,6-8,12H,2-3,5H2,1H3. The van der Waals surface area contributed by atoms with E-state index in [2.05, 4.69) is 39.6 Å². The Hall–Kier alpha value is 0.140. The molecule has 0 spiro atoms. The summed E-state index contributed by atoms with van der Waals surface area (Å²) in [4.78, 5) is 1.42. The van der Waals surface area contributed by atoms with Crippen LogP contribution in [0.15, 0.2) is 15.9 Å². The van der Waals surface area contributed by atoms with E-state index in [9.17, 15) is 0 Å². The molecule has 0 radical (unpaired) electrons. The first-order valence-electron chi connectivity index (χ1n) is 4.73. The Balaban J connectivity index is 1.84. The molecule has 1 heterocycles. The van der Waals surface area contributed by atoms with Gasteiger partial charge >= 0.3 is 0 Å². The minimum absolute atomic E-state index is 0.511. The van der Waals surface area contributed by atoms with Gasteiger partial charge in [-0.2, -0.15) is 0 Å². The van der Waals surface area contributed by atoms with Crippen LogP contribution in [0.3, 0.4) is 0 Å². The lowest BCUT2D eigenvalue weighted by molar-refractivity contribution is 0.555. The fourth-order valence-corrected chi connectivity index (χ4v) is 2.80. The van der Waals surface area contributed by atoms with Gasteiger partial charge in [0.25, 0.3) is 0 Å². The van der Waals surface area contributed by atoms with Gasteiger partial charge in [-0.25, -0.2) is 0 Å². The molecule has 1 N–H and O–H groups in total. The first-order chi connectivity index (χ1) is 6.25. The van der Waals surface area contributed by atoms with Crippen LogP contribution in [0.5, 0.6) is 0 Å². The van der Waals surface area contributed by atoms with Crippen LogP contribution < -0.4 is 5.32 Å². The van der Waals surface area contributed by atoms with Crippen LogP contribution in [-0.2, 0) is 0 Å². The summed E-state index contributed by atoms with van der Waals surface area (Å²) in [5.74, 6) is 0.964. The molecule has 2 rings (SSSR count). The number of hydrogen-bond donors (Lipinski definition) is 1. The first kappa shape index (κ1) is 9.69. The lowest BCUT2D eigenvalue weighted by atomic mass is 10.2. The van der Waals surface area contributed by atoms with Crippen molar-refractivity contribution in [2.75, 3.05) is 6.54 Å². The van der Waals surface area contributed by atoms with E-state index < -0.39 is 0 Å². The Morgan fingerprint density at radius 1 is 1.69 bits per heavy atom. The highest BCUT2D eigenvalue weighted by molar-refractivity contribution is 9.10. The van der Waals surface area contributed by atoms with Gasteiger partial charge in [0.2, 0.25) is 0 Å². The van der Waals surface area contributed by atoms with Crippen LogP contribution in [0, 0.1) is 5.92 Å². The lowest BCUT2D eigenvalue weighted by Gasteiger charge is -2.10. The summed E-state index contributed by atoms with van der Waals surface area (Å²) < 4.78 is 1.20. The minimum atomic E-state index is 0.511. The normalized spacial score (nSPS) is 18.9. The second kappa shape index (κ2) is 4.11. The molecule has 0 saturated heterocycles. The molecule has 1 unspecified atom stereocenters. The highest BCUT2D eigenvalue weighted by atomic mass is 79.9. The van der Waals surface area contributed by atoms with Crippen LogP contribution in [0.1, 0.15) is 30.7 Å². The highest BCUT2D eigenvalue weighted by Crippen LogP contribution is 2.30. The quantitative estimate of drug-likeness (QED) is 0.872. The Morgan fingerprint density at radius 2 is 2.46 bits per heavy atom. The largest absolute Gasteiger partial charge is 0.309 e. The maximum Gasteiger partial charge on any atom is 0.0386 e. The summed E-state index contributed by atoms with van der Waals surface area (Å²) in [5.41, 5.74) is 0. The average Bonchev–Trinajstić information content (AvgIpc) is 2.84. The molecule has 0 aromatic carbocycles. The van der Waals surface area contributed by atoms with Crippen LogP contribution in [0.4, 0.5) is 0 Å². The Kier molecular flexibility index (Phi) is 3.06. The molecular formula is C10H14BrNS. The number of thiophene rings is 1. The topological polar surface area (TPSA) is 12.0 Å². The number of hydrogen-bond acceptors (Lipinski definition) is 2. The Labute approximate surface area is 91.7 Å². The van der Waals surface area contributed by atoms with Gasteiger partial charge in [0.15, 0.2) is 0 Å². The predicted octanol–water partition coefficient (Wildman–Crippen LogP) is 3.57. The second-order valence-corrected chi connectivity index (χ2v) is 5.60. The van der Waals surface area contributed by atoms with Crippen molar-refractivity contribution in [3.8, 4) is 0 Å². The van der Waals surface area contributed by atoms with E-state index >= 15 is 0 Å². The third kappa shape index (κ3) is 2.79. The molecule has 1 atom stereocenters. The van der Waals surface area contributed by atoms with Gasteiger partial charge in [-0.15, -0.1) is 11.3 Å². The van der Waals surface area contributed by atoms with Gasteiger partial charge in [0.05, 0.1) is 0 Å². The summed E-state index contributed by atoms with van der Waals surface area (Å²) >= 11 is 5.30. The van der Waals surface area contributed by atoms with Crippen molar-refractivity contribution >= 4 is 27.3 Å². The third-order valence-corrected chi connectivity index (χ3v) is 4.30. The van der Waals surface area contributed by atoms with Crippen molar-refractivity contribution in [3.63, 3.8) is 0 Å². The predicted molar refractivity (Wildman–Crippen MR) is 61.2 cm³/mol. The molecule has 1 aliphatic carbocycles. The SMILES string of the molecule is CC(NCC1CC1)c1cc(Br)cs1. The van der Waals surface area contributed by atoms with Crippen LogP contribution in [-0.4, -0.2) is 6.54 Å². The van der Waals surface area contributed by atoms with Gasteiger partial charge in [0, 0.05) is 20.8 Å². The zero-order valence-electron chi connectivity index (χ0n) is 7.72. The van der Waals surface area contributed by atoms with Crippen molar-refractivity contribution in [1.29, 1.82) is 0 Å². The molecule has 1 aromatic heterocycles. The Bertz CT molecular complexity index is 280. The maximum absolute atomic E-state index is 3.56. The average molecular weight is 260 g/mol. The summed E-state index contributed by atoms with van der Waals surface area (Å²) in [6.07, 6.45) is 2.85. The molecule has 0 bridgehead atoms. The van der Waals surface area contributed by atoms with E-state index in [1.54, 1.807) is 0 Å². The molecule has 1 nitrogen and oxygen atoms in total. The van der Waals surface area contributed by atoms with E-state index in [0.717, 1.165) is 5.92 Å². The fourth-order valence-electron chi connectivity index (χ4n) is 1.32. The van der Waals surface area contributed by atoms with E-state index in [0.29, 0.717) is 6.04 Å². The number of halogens is 1. The molecule has 13 heavy (non-hydrogen) atoms. The van der Waals surface area contributed by atoms with E-state index in [1.165, 1.54) is 28.7 Å². The van der Waals surface area contributed by atoms with Gasteiger partial charge in [-0.3, -0.25) is 0 Å². The van der Waals surface area contributed by atoms with Gasteiger partial charge < -0.3 is 5.32 Å². The fraction of sp³-hybridized carbons (Fsp3) is 0.600. The Morgan fingerprint density at radius 3 is 3.00 bits per heavy atom. The van der Waals surface area contributed by atoms with Gasteiger partial charge in [-0.05, 0) is 54.2 Å². The minimum Gasteiger partial charge on any atom is -0.309 e. The van der Waals surface area contributed by atoms with Crippen molar-refractivity contribution in [2.24, 2.45) is 5.92 Å². The molecule has 0 aliphatic heterocycles. The zero-order valence-corrected chi connectivity index (χ0v) is 10.1. The summed E-state index contributed by atoms with van der Waals surface area (Å²) in [6, 6.07) is 2.71. The van der Waals surface area contributed by atoms with Crippen LogP contribution >= 0.6 is 27.3 Å². The monoisotopic (exact) mass is 259 g/mol. The smallest absolute Gasteiger partial charge is 0.0386 e. The summed E-state index contributed by atoms with van der Waals surface area (Å²) in [5, 5.41) is 5.71. The molecule has 1 fully saturated rings. The van der Waals surface area contributed by atoms with Crippen LogP contribution in [0.25, 0.3) is 0 Å². The van der Waals surface area contributed by atoms with Crippen molar-refractivity contribution in [1.82, 2.24) is 5.32 Å². The highest BCUT2D eigenvalue weighted by Gasteiger charge is 2.21. The van der Waals surface area contributed by atoms with E-state index in [1.807, 2.05) is 11.3 Å². The second-order valence-electron chi connectivity index (χ2n) is 3.74. The molecule has 3 heteroatoms. The first-order valence-corrected chi connectivity index (χ1v) is 6.40. The molecule has 0 amide bonds. The summed E-state index contributed by atoms with van der Waals surface area (Å²) in [7, 11) is 0. The molecule has 1 aromatic rings. The van der Waals surface area contributed by atoms with Crippen molar-refractivity contribution in [2.45, 2.75) is 25.8 Å². The zero-order chi connectivity index (χ0) is 9.26. The molecular weight excluding hydrogens is 246 g/mol. The molecule has 1 aliphatic rings. The van der Waals surface area contributed by atoms with Crippen LogP contribution in [0.2, 0.25) is 0 Å². The lowest BCUT2D eigenvalue weighted by Crippen LogP contribution is -2.20. The van der Waals surface area contributed by atoms with E-state index in [-0.39, 0.29) is 0 Å². The van der Waals surface area contributed by atoms with Gasteiger partial charge in [-0.1, -0.05) is 0 Å².